The fourth-order valence-electron chi connectivity index (χ4n) is 1.91. The molecule has 5 nitrogen and oxygen atoms in total. The third-order valence-corrected chi connectivity index (χ3v) is 3.92. The molecule has 0 aliphatic rings. The van der Waals surface area contributed by atoms with Gasteiger partial charge in [-0.2, -0.15) is 0 Å². The second kappa shape index (κ2) is 6.24. The van der Waals surface area contributed by atoms with E-state index in [2.05, 4.69) is 27.3 Å². The maximum Gasteiger partial charge on any atom is 0.231 e. The normalized spacial score (nSPS) is 10.6. The first-order valence-corrected chi connectivity index (χ1v) is 7.40. The highest BCUT2D eigenvalue weighted by Gasteiger charge is 2.01. The Hall–Kier alpha value is -2.91. The van der Waals surface area contributed by atoms with Crippen molar-refractivity contribution in [1.29, 1.82) is 0 Å². The molecule has 22 heavy (non-hydrogen) atoms. The van der Waals surface area contributed by atoms with Crippen molar-refractivity contribution in [2.45, 2.75) is 0 Å². The summed E-state index contributed by atoms with van der Waals surface area (Å²) in [6, 6.07) is 20.6. The molecule has 0 fully saturated rings. The number of fused-ring (bicyclic) bond motifs is 1. The van der Waals surface area contributed by atoms with Gasteiger partial charge in [-0.05, 0) is 36.4 Å². The Kier molecular flexibility index (Phi) is 3.99. The number of benzene rings is 2. The van der Waals surface area contributed by atoms with Crippen molar-refractivity contribution in [2.24, 2.45) is 16.0 Å². The zero-order valence-electron chi connectivity index (χ0n) is 11.9. The zero-order valence-corrected chi connectivity index (χ0v) is 12.7. The fraction of sp³-hybridized carbons (Fsp3) is 0.0625. The van der Waals surface area contributed by atoms with Crippen LogP contribution in [0, 0.1) is 12.1 Å². The molecule has 6 heteroatoms. The molecule has 3 aromatic rings. The lowest BCUT2D eigenvalue weighted by molar-refractivity contribution is 1.20. The summed E-state index contributed by atoms with van der Waals surface area (Å²) < 4.78 is 1.11. The van der Waals surface area contributed by atoms with E-state index >= 15 is 0 Å². The van der Waals surface area contributed by atoms with Gasteiger partial charge in [0.05, 0.1) is 15.9 Å². The summed E-state index contributed by atoms with van der Waals surface area (Å²) in [6.07, 6.45) is 0. The molecule has 1 heterocycles. The van der Waals surface area contributed by atoms with Gasteiger partial charge in [0.1, 0.15) is 0 Å². The van der Waals surface area contributed by atoms with Gasteiger partial charge < -0.3 is 10.6 Å². The van der Waals surface area contributed by atoms with E-state index in [1.54, 1.807) is 4.90 Å². The summed E-state index contributed by atoms with van der Waals surface area (Å²) in [6.45, 7) is 0. The maximum atomic E-state index is 5.20. The van der Waals surface area contributed by atoms with Gasteiger partial charge in [-0.1, -0.05) is 23.5 Å². The molecule has 0 amide bonds. The maximum absolute atomic E-state index is 5.20. The Morgan fingerprint density at radius 2 is 1.86 bits per heavy atom. The van der Waals surface area contributed by atoms with Gasteiger partial charge in [-0.15, -0.1) is 10.2 Å². The van der Waals surface area contributed by atoms with Crippen LogP contribution in [0.1, 0.15) is 0 Å². The Labute approximate surface area is 132 Å². The molecule has 0 aliphatic heterocycles. The minimum absolute atomic E-state index is 0.649. The van der Waals surface area contributed by atoms with Crippen molar-refractivity contribution in [2.75, 3.05) is 11.9 Å². The van der Waals surface area contributed by atoms with Crippen molar-refractivity contribution in [3.05, 3.63) is 48.5 Å². The number of nitrogens with zero attached hydrogens (tertiary/aromatic N) is 4. The zero-order chi connectivity index (χ0) is 15.4. The minimum atomic E-state index is 0.649. The Bertz CT molecular complexity index is 838. The highest BCUT2D eigenvalue weighted by molar-refractivity contribution is 7.21. The Morgan fingerprint density at radius 1 is 1.09 bits per heavy atom. The first-order valence-electron chi connectivity index (χ1n) is 6.58. The molecular weight excluding hydrogens is 294 g/mol. The summed E-state index contributed by atoms with van der Waals surface area (Å²) >= 11 is 1.52. The van der Waals surface area contributed by atoms with Gasteiger partial charge in [0.2, 0.25) is 5.13 Å². The second-order valence-electron chi connectivity index (χ2n) is 4.50. The molecule has 1 aromatic heterocycles. The van der Waals surface area contributed by atoms with Crippen LogP contribution in [0.4, 0.5) is 16.5 Å². The number of rotatable bonds is 3. The van der Waals surface area contributed by atoms with E-state index in [-0.39, 0.29) is 0 Å². The molecule has 0 bridgehead atoms. The van der Waals surface area contributed by atoms with Crippen LogP contribution in [-0.2, 0) is 0 Å². The number of para-hydroxylation sites is 1. The summed E-state index contributed by atoms with van der Waals surface area (Å²) in [5, 5.41) is 9.06. The number of thiazole rings is 1. The van der Waals surface area contributed by atoms with Crippen molar-refractivity contribution in [3.63, 3.8) is 0 Å². The van der Waals surface area contributed by atoms with Crippen molar-refractivity contribution >= 4 is 38.1 Å². The van der Waals surface area contributed by atoms with E-state index in [1.807, 2.05) is 55.6 Å². The standard InChI is InChI=1S/C16H13N5S/c1-21(11-10-17)13-8-6-12(7-9-13)19-20-16-18-14-4-2-3-5-15(14)22-16/h2-9H,17H2,1H3. The molecule has 3 rings (SSSR count). The SMILES string of the molecule is CN(C#CN)c1ccc(N=Nc2nc3ccccc3s2)cc1. The van der Waals surface area contributed by atoms with Gasteiger partial charge >= 0.3 is 0 Å². The van der Waals surface area contributed by atoms with E-state index in [9.17, 15) is 0 Å². The Morgan fingerprint density at radius 3 is 2.59 bits per heavy atom. The minimum Gasteiger partial charge on any atom is -0.358 e. The van der Waals surface area contributed by atoms with Crippen LogP contribution in [0.5, 0.6) is 0 Å². The summed E-state index contributed by atoms with van der Waals surface area (Å²) in [4.78, 5) is 6.16. The number of anilines is 1. The van der Waals surface area contributed by atoms with Gasteiger partial charge in [-0.25, -0.2) is 4.98 Å². The fourth-order valence-corrected chi connectivity index (χ4v) is 2.69. The Balaban J connectivity index is 1.78. The van der Waals surface area contributed by atoms with Crippen LogP contribution in [0.2, 0.25) is 0 Å². The number of aromatic nitrogens is 1. The molecule has 2 N–H and O–H groups in total. The largest absolute Gasteiger partial charge is 0.358 e. The van der Waals surface area contributed by atoms with Crippen LogP contribution in [0.15, 0.2) is 58.8 Å². The lowest BCUT2D eigenvalue weighted by Crippen LogP contribution is -2.08. The number of azo groups is 1. The monoisotopic (exact) mass is 307 g/mol. The topological polar surface area (TPSA) is 66.9 Å². The molecule has 2 aromatic carbocycles. The molecule has 108 valence electrons. The van der Waals surface area contributed by atoms with Gasteiger partial charge in [-0.3, -0.25) is 0 Å². The van der Waals surface area contributed by atoms with Gasteiger partial charge in [0.15, 0.2) is 0 Å². The van der Waals surface area contributed by atoms with Crippen LogP contribution < -0.4 is 10.6 Å². The molecule has 0 aliphatic carbocycles. The lowest BCUT2D eigenvalue weighted by atomic mass is 10.3. The van der Waals surface area contributed by atoms with Crippen LogP contribution in [-0.4, -0.2) is 12.0 Å². The third kappa shape index (κ3) is 3.05. The van der Waals surface area contributed by atoms with Crippen molar-refractivity contribution < 1.29 is 0 Å². The van der Waals surface area contributed by atoms with E-state index < -0.39 is 0 Å². The van der Waals surface area contributed by atoms with Gasteiger partial charge in [0.25, 0.3) is 0 Å². The quantitative estimate of drug-likeness (QED) is 0.451. The van der Waals surface area contributed by atoms with Gasteiger partial charge in [0, 0.05) is 24.8 Å². The average molecular weight is 307 g/mol. The lowest BCUT2D eigenvalue weighted by Gasteiger charge is -2.09. The summed E-state index contributed by atoms with van der Waals surface area (Å²) in [5.74, 6) is 0. The molecule has 0 saturated carbocycles. The molecule has 0 atom stereocenters. The van der Waals surface area contributed by atoms with E-state index in [4.69, 9.17) is 5.73 Å². The number of hydrogen-bond donors (Lipinski definition) is 1. The van der Waals surface area contributed by atoms with E-state index in [0.29, 0.717) is 5.13 Å². The number of hydrogen-bond acceptors (Lipinski definition) is 6. The van der Waals surface area contributed by atoms with Crippen molar-refractivity contribution in [3.8, 4) is 12.1 Å². The average Bonchev–Trinajstić information content (AvgIpc) is 2.96. The predicted octanol–water partition coefficient (Wildman–Crippen LogP) is 4.03. The van der Waals surface area contributed by atoms with E-state index in [1.165, 1.54) is 11.3 Å². The summed E-state index contributed by atoms with van der Waals surface area (Å²) in [5.41, 5.74) is 7.84. The van der Waals surface area contributed by atoms with E-state index in [0.717, 1.165) is 21.6 Å². The highest BCUT2D eigenvalue weighted by atomic mass is 32.1. The second-order valence-corrected chi connectivity index (χ2v) is 5.50. The molecule has 0 unspecified atom stereocenters. The number of nitrogens with two attached hydrogens (primary N) is 1. The molecule has 0 spiro atoms. The molecular formula is C16H13N5S. The first kappa shape index (κ1) is 14.0. The molecule has 0 radical (unpaired) electrons. The predicted molar refractivity (Wildman–Crippen MR) is 90.6 cm³/mol. The van der Waals surface area contributed by atoms with Crippen LogP contribution in [0.3, 0.4) is 0 Å². The summed E-state index contributed by atoms with van der Waals surface area (Å²) in [7, 11) is 1.84. The van der Waals surface area contributed by atoms with Crippen LogP contribution >= 0.6 is 11.3 Å². The highest BCUT2D eigenvalue weighted by Crippen LogP contribution is 2.29. The third-order valence-electron chi connectivity index (χ3n) is 3.00. The van der Waals surface area contributed by atoms with Crippen LogP contribution in [0.25, 0.3) is 10.2 Å². The van der Waals surface area contributed by atoms with Crippen molar-refractivity contribution in [1.82, 2.24) is 4.98 Å². The smallest absolute Gasteiger partial charge is 0.231 e. The molecule has 0 saturated heterocycles. The first-order chi connectivity index (χ1) is 10.8.